The first-order valence-electron chi connectivity index (χ1n) is 6.69. The molecule has 0 radical (unpaired) electrons. The number of hydrogen-bond acceptors (Lipinski definition) is 2. The lowest BCUT2D eigenvalue weighted by atomic mass is 10.1. The van der Waals surface area contributed by atoms with Crippen LogP contribution in [-0.4, -0.2) is 13.1 Å². The Morgan fingerprint density at radius 1 is 1.16 bits per heavy atom. The number of nitrogens with two attached hydrogens (primary N) is 1. The minimum absolute atomic E-state index is 0.0906. The highest BCUT2D eigenvalue weighted by Crippen LogP contribution is 2.33. The third-order valence-electron chi connectivity index (χ3n) is 3.53. The van der Waals surface area contributed by atoms with E-state index in [1.54, 1.807) is 0 Å². The van der Waals surface area contributed by atoms with Crippen LogP contribution in [-0.2, 0) is 0 Å². The third-order valence-corrected chi connectivity index (χ3v) is 3.53. The predicted molar refractivity (Wildman–Crippen MR) is 68.1 cm³/mol. The van der Waals surface area contributed by atoms with Gasteiger partial charge in [-0.15, -0.1) is 0 Å². The molecule has 1 aromatic carbocycles. The van der Waals surface area contributed by atoms with Gasteiger partial charge in [-0.05, 0) is 31.4 Å². The second-order valence-electron chi connectivity index (χ2n) is 5.12. The first kappa shape index (κ1) is 14.3. The lowest BCUT2D eigenvalue weighted by Gasteiger charge is -2.18. The maximum absolute atomic E-state index is 13.6. The lowest BCUT2D eigenvalue weighted by molar-refractivity contribution is 0.461. The molecule has 1 unspecified atom stereocenters. The average molecular weight is 272 g/mol. The Bertz CT molecular complexity index is 433. The van der Waals surface area contributed by atoms with Crippen LogP contribution in [0.5, 0.6) is 0 Å². The molecule has 0 heterocycles. The Kier molecular flexibility index (Phi) is 4.82. The van der Waals surface area contributed by atoms with Gasteiger partial charge in [0, 0.05) is 24.2 Å². The van der Waals surface area contributed by atoms with E-state index in [1.807, 2.05) is 0 Å². The molecule has 1 saturated carbocycles. The van der Waals surface area contributed by atoms with Crippen LogP contribution in [0.4, 0.5) is 13.2 Å². The highest BCUT2D eigenvalue weighted by atomic mass is 19.2. The Balaban J connectivity index is 1.93. The van der Waals surface area contributed by atoms with Crippen molar-refractivity contribution in [2.24, 2.45) is 11.7 Å². The SMILES string of the molecule is NCC(NCCCC1CC1)c1cc(F)c(F)cc1F. The zero-order valence-electron chi connectivity index (χ0n) is 10.8. The number of benzene rings is 1. The Hall–Kier alpha value is -1.07. The van der Waals surface area contributed by atoms with Gasteiger partial charge in [0.15, 0.2) is 11.6 Å². The molecule has 3 N–H and O–H groups in total. The van der Waals surface area contributed by atoms with Crippen LogP contribution in [0.15, 0.2) is 12.1 Å². The fourth-order valence-corrected chi connectivity index (χ4v) is 2.20. The van der Waals surface area contributed by atoms with Crippen molar-refractivity contribution in [1.29, 1.82) is 0 Å². The van der Waals surface area contributed by atoms with Gasteiger partial charge in [-0.3, -0.25) is 0 Å². The Labute approximate surface area is 111 Å². The van der Waals surface area contributed by atoms with E-state index < -0.39 is 23.5 Å². The normalized spacial score (nSPS) is 16.6. The molecule has 0 amide bonds. The third kappa shape index (κ3) is 3.94. The number of nitrogens with one attached hydrogen (secondary N) is 1. The van der Waals surface area contributed by atoms with E-state index in [2.05, 4.69) is 5.32 Å². The van der Waals surface area contributed by atoms with Crippen molar-refractivity contribution in [3.63, 3.8) is 0 Å². The number of hydrogen-bond donors (Lipinski definition) is 2. The molecule has 106 valence electrons. The first-order chi connectivity index (χ1) is 9.11. The molecule has 0 spiro atoms. The summed E-state index contributed by atoms with van der Waals surface area (Å²) in [5.41, 5.74) is 5.66. The van der Waals surface area contributed by atoms with Crippen LogP contribution in [0.25, 0.3) is 0 Å². The highest BCUT2D eigenvalue weighted by molar-refractivity contribution is 5.23. The van der Waals surface area contributed by atoms with E-state index in [1.165, 1.54) is 12.8 Å². The average Bonchev–Trinajstić information content (AvgIpc) is 3.19. The molecule has 1 atom stereocenters. The predicted octanol–water partition coefficient (Wildman–Crippen LogP) is 2.88. The summed E-state index contributed by atoms with van der Waals surface area (Å²) in [5, 5.41) is 3.10. The molecule has 19 heavy (non-hydrogen) atoms. The molecular formula is C14H19F3N2. The van der Waals surface area contributed by atoms with Crippen molar-refractivity contribution in [3.8, 4) is 0 Å². The van der Waals surface area contributed by atoms with Gasteiger partial charge in [0.1, 0.15) is 5.82 Å². The summed E-state index contributed by atoms with van der Waals surface area (Å²) >= 11 is 0. The number of rotatable bonds is 7. The van der Waals surface area contributed by atoms with E-state index in [0.717, 1.165) is 24.8 Å². The Morgan fingerprint density at radius 2 is 1.84 bits per heavy atom. The van der Waals surface area contributed by atoms with Crippen molar-refractivity contribution in [1.82, 2.24) is 5.32 Å². The highest BCUT2D eigenvalue weighted by Gasteiger charge is 2.21. The van der Waals surface area contributed by atoms with Gasteiger partial charge in [0.05, 0.1) is 0 Å². The molecule has 2 rings (SSSR count). The molecule has 0 aliphatic heterocycles. The largest absolute Gasteiger partial charge is 0.329 e. The second kappa shape index (κ2) is 6.39. The van der Waals surface area contributed by atoms with Crippen LogP contribution in [0.3, 0.4) is 0 Å². The van der Waals surface area contributed by atoms with Gasteiger partial charge in [-0.25, -0.2) is 13.2 Å². The fourth-order valence-electron chi connectivity index (χ4n) is 2.20. The van der Waals surface area contributed by atoms with Crippen molar-refractivity contribution >= 4 is 0 Å². The molecule has 5 heteroatoms. The maximum atomic E-state index is 13.6. The van der Waals surface area contributed by atoms with Gasteiger partial charge in [0.2, 0.25) is 0 Å². The van der Waals surface area contributed by atoms with E-state index in [4.69, 9.17) is 5.73 Å². The first-order valence-corrected chi connectivity index (χ1v) is 6.69. The monoisotopic (exact) mass is 272 g/mol. The van der Waals surface area contributed by atoms with Crippen molar-refractivity contribution in [2.45, 2.75) is 31.7 Å². The fraction of sp³-hybridized carbons (Fsp3) is 0.571. The zero-order chi connectivity index (χ0) is 13.8. The van der Waals surface area contributed by atoms with Crippen molar-refractivity contribution < 1.29 is 13.2 Å². The van der Waals surface area contributed by atoms with Crippen LogP contribution in [0.1, 0.15) is 37.3 Å². The second-order valence-corrected chi connectivity index (χ2v) is 5.12. The minimum atomic E-state index is -1.18. The van der Waals surface area contributed by atoms with E-state index in [9.17, 15) is 13.2 Å². The molecule has 0 aromatic heterocycles. The van der Waals surface area contributed by atoms with Gasteiger partial charge in [-0.2, -0.15) is 0 Å². The molecule has 2 nitrogen and oxygen atoms in total. The summed E-state index contributed by atoms with van der Waals surface area (Å²) in [6, 6.07) is 0.976. The summed E-state index contributed by atoms with van der Waals surface area (Å²) in [6.07, 6.45) is 4.76. The minimum Gasteiger partial charge on any atom is -0.329 e. The molecule has 0 saturated heterocycles. The van der Waals surface area contributed by atoms with E-state index in [0.29, 0.717) is 12.6 Å². The quantitative estimate of drug-likeness (QED) is 0.591. The van der Waals surface area contributed by atoms with Crippen molar-refractivity contribution in [2.75, 3.05) is 13.1 Å². The summed E-state index contributed by atoms with van der Waals surface area (Å²) in [5.74, 6) is -2.14. The van der Waals surface area contributed by atoms with Gasteiger partial charge in [-0.1, -0.05) is 12.8 Å². The molecule has 1 fully saturated rings. The van der Waals surface area contributed by atoms with Crippen LogP contribution in [0.2, 0.25) is 0 Å². The van der Waals surface area contributed by atoms with Gasteiger partial charge < -0.3 is 11.1 Å². The maximum Gasteiger partial charge on any atom is 0.161 e. The molecular weight excluding hydrogens is 253 g/mol. The molecule has 0 bridgehead atoms. The van der Waals surface area contributed by atoms with E-state index >= 15 is 0 Å². The summed E-state index contributed by atoms with van der Waals surface area (Å²) in [4.78, 5) is 0. The van der Waals surface area contributed by atoms with Crippen LogP contribution in [0, 0.1) is 23.4 Å². The van der Waals surface area contributed by atoms with Crippen LogP contribution < -0.4 is 11.1 Å². The lowest BCUT2D eigenvalue weighted by Crippen LogP contribution is -2.30. The summed E-state index contributed by atoms with van der Waals surface area (Å²) in [7, 11) is 0. The standard InChI is InChI=1S/C14H19F3N2/c15-11-7-13(17)12(16)6-10(11)14(8-18)19-5-1-2-9-3-4-9/h6-7,9,14,19H,1-5,8,18H2. The molecule has 1 aliphatic rings. The molecule has 1 aromatic rings. The summed E-state index contributed by atoms with van der Waals surface area (Å²) in [6.45, 7) is 0.849. The summed E-state index contributed by atoms with van der Waals surface area (Å²) < 4.78 is 39.6. The molecule has 1 aliphatic carbocycles. The Morgan fingerprint density at radius 3 is 2.47 bits per heavy atom. The smallest absolute Gasteiger partial charge is 0.161 e. The zero-order valence-corrected chi connectivity index (χ0v) is 10.8. The van der Waals surface area contributed by atoms with Crippen LogP contribution >= 0.6 is 0 Å². The van der Waals surface area contributed by atoms with E-state index in [-0.39, 0.29) is 12.1 Å². The van der Waals surface area contributed by atoms with Crippen molar-refractivity contribution in [3.05, 3.63) is 35.1 Å². The van der Waals surface area contributed by atoms with Gasteiger partial charge in [0.25, 0.3) is 0 Å². The topological polar surface area (TPSA) is 38.0 Å². The van der Waals surface area contributed by atoms with Gasteiger partial charge >= 0.3 is 0 Å². The number of halogens is 3.